The van der Waals surface area contributed by atoms with E-state index < -0.39 is 0 Å². The summed E-state index contributed by atoms with van der Waals surface area (Å²) >= 11 is 0. The van der Waals surface area contributed by atoms with Crippen molar-refractivity contribution in [3.05, 3.63) is 103 Å². The molecule has 0 amide bonds. The Hall–Kier alpha value is -2.82. The van der Waals surface area contributed by atoms with E-state index in [0.717, 1.165) is 22.5 Å². The van der Waals surface area contributed by atoms with Crippen LogP contribution in [0.1, 0.15) is 62.3 Å². The number of hydrogen-bond acceptors (Lipinski definition) is 3. The third-order valence-corrected chi connectivity index (χ3v) is 5.91. The lowest BCUT2D eigenvalue weighted by Crippen LogP contribution is -2.41. The van der Waals surface area contributed by atoms with Crippen molar-refractivity contribution in [3.63, 3.8) is 0 Å². The van der Waals surface area contributed by atoms with Crippen LogP contribution in [0.15, 0.2) is 103 Å². The van der Waals surface area contributed by atoms with Gasteiger partial charge in [0.15, 0.2) is 0 Å². The molecule has 35 heavy (non-hydrogen) atoms. The Morgan fingerprint density at radius 2 is 1.26 bits per heavy atom. The number of allylic oxidation sites excluding steroid dienone is 6. The van der Waals surface area contributed by atoms with Crippen molar-refractivity contribution in [2.24, 2.45) is 0 Å². The Morgan fingerprint density at radius 3 is 1.69 bits per heavy atom. The van der Waals surface area contributed by atoms with E-state index >= 15 is 0 Å². The fourth-order valence-corrected chi connectivity index (χ4v) is 3.28. The molecule has 0 aromatic heterocycles. The minimum atomic E-state index is -0.363. The van der Waals surface area contributed by atoms with Crippen molar-refractivity contribution < 1.29 is 9.31 Å². The first-order valence-electron chi connectivity index (χ1n) is 12.5. The highest BCUT2D eigenvalue weighted by atomic mass is 16.7. The van der Waals surface area contributed by atoms with Crippen molar-refractivity contribution in [2.45, 2.75) is 73.5 Å². The van der Waals surface area contributed by atoms with Crippen LogP contribution in [0, 0.1) is 0 Å². The van der Waals surface area contributed by atoms with Gasteiger partial charge in [-0.15, -0.1) is 0 Å². The predicted molar refractivity (Wildman–Crippen MR) is 156 cm³/mol. The molecule has 0 aliphatic carbocycles. The molecule has 0 saturated carbocycles. The zero-order chi connectivity index (χ0) is 26.5. The number of para-hydroxylation sites is 1. The maximum absolute atomic E-state index is 6.19. The molecule has 2 aromatic rings. The zero-order valence-electron chi connectivity index (χ0n) is 23.2. The molecule has 0 spiro atoms. The summed E-state index contributed by atoms with van der Waals surface area (Å²) in [6.45, 7) is 22.2. The maximum Gasteiger partial charge on any atom is 0.494 e. The quantitative estimate of drug-likeness (QED) is 0.239. The number of benzene rings is 2. The molecule has 3 nitrogen and oxygen atoms in total. The Bertz CT molecular complexity index is 953. The van der Waals surface area contributed by atoms with E-state index in [9.17, 15) is 0 Å². The molecule has 2 aromatic carbocycles. The van der Waals surface area contributed by atoms with Crippen LogP contribution in [-0.4, -0.2) is 18.3 Å². The van der Waals surface area contributed by atoms with Crippen LogP contribution < -0.4 is 10.4 Å². The summed E-state index contributed by atoms with van der Waals surface area (Å²) in [5.41, 5.74) is 3.50. The Labute approximate surface area is 215 Å². The van der Waals surface area contributed by atoms with Crippen LogP contribution in [-0.2, 0) is 9.31 Å². The SMILES string of the molecule is C/C=C\C.C=C/C=C(\C=C/C)N(c1ccccc1)c1ccc(B2OC(C)(C)C(C)(C)O2)cc1.CC. The van der Waals surface area contributed by atoms with Gasteiger partial charge in [0.2, 0.25) is 0 Å². The van der Waals surface area contributed by atoms with Crippen molar-refractivity contribution in [1.82, 2.24) is 0 Å². The fourth-order valence-electron chi connectivity index (χ4n) is 3.28. The topological polar surface area (TPSA) is 21.7 Å². The smallest absolute Gasteiger partial charge is 0.399 e. The Kier molecular flexibility index (Phi) is 12.6. The monoisotopic (exact) mass is 473 g/mol. The molecule has 188 valence electrons. The van der Waals surface area contributed by atoms with Crippen LogP contribution >= 0.6 is 0 Å². The van der Waals surface area contributed by atoms with E-state index in [0.29, 0.717) is 0 Å². The van der Waals surface area contributed by atoms with Crippen LogP contribution in [0.5, 0.6) is 0 Å². The van der Waals surface area contributed by atoms with Crippen molar-refractivity contribution in [1.29, 1.82) is 0 Å². The number of anilines is 2. The van der Waals surface area contributed by atoms with Crippen molar-refractivity contribution in [3.8, 4) is 0 Å². The van der Waals surface area contributed by atoms with E-state index in [-0.39, 0.29) is 18.3 Å². The predicted octanol–water partition coefficient (Wildman–Crippen LogP) is 8.38. The molecule has 0 atom stereocenters. The number of rotatable bonds is 6. The highest BCUT2D eigenvalue weighted by molar-refractivity contribution is 6.62. The van der Waals surface area contributed by atoms with Crippen LogP contribution in [0.3, 0.4) is 0 Å². The molecule has 0 radical (unpaired) electrons. The molecule has 4 heteroatoms. The molecule has 0 bridgehead atoms. The first-order chi connectivity index (χ1) is 16.7. The summed E-state index contributed by atoms with van der Waals surface area (Å²) in [5, 5.41) is 0. The van der Waals surface area contributed by atoms with Crippen LogP contribution in [0.25, 0.3) is 0 Å². The summed E-state index contributed by atoms with van der Waals surface area (Å²) in [7, 11) is -0.363. The molecule has 1 aliphatic heterocycles. The van der Waals surface area contributed by atoms with Crippen LogP contribution in [0.4, 0.5) is 11.4 Å². The largest absolute Gasteiger partial charge is 0.494 e. The summed E-state index contributed by atoms with van der Waals surface area (Å²) in [5.74, 6) is 0. The van der Waals surface area contributed by atoms with Crippen LogP contribution in [0.2, 0.25) is 0 Å². The third kappa shape index (κ3) is 8.12. The maximum atomic E-state index is 6.19. The average molecular weight is 474 g/mol. The van der Waals surface area contributed by atoms with Gasteiger partial charge in [0.25, 0.3) is 0 Å². The standard InChI is InChI=1S/C25H30BNO2.C4H8.C2H6/c1-7-12-21(13-8-2)27(22-14-10-9-11-15-22)23-18-16-20(17-19-23)26-28-24(3,4)25(5,6)29-26;1-3-4-2;1-2/h7-19H,1H2,2-6H3;3-4H,1-2H3;1-2H3/b13-8-,21-12+;4-3-;. The van der Waals surface area contributed by atoms with Crippen molar-refractivity contribution in [2.75, 3.05) is 4.90 Å². The molecule has 0 N–H and O–H groups in total. The third-order valence-electron chi connectivity index (χ3n) is 5.91. The zero-order valence-corrected chi connectivity index (χ0v) is 23.2. The lowest BCUT2D eigenvalue weighted by molar-refractivity contribution is 0.00578. The lowest BCUT2D eigenvalue weighted by Gasteiger charge is -2.32. The average Bonchev–Trinajstić information content (AvgIpc) is 3.08. The van der Waals surface area contributed by atoms with Gasteiger partial charge in [-0.05, 0) is 90.3 Å². The molecule has 0 unspecified atom stereocenters. The molecule has 1 heterocycles. The lowest BCUT2D eigenvalue weighted by atomic mass is 9.79. The number of hydrogen-bond donors (Lipinski definition) is 0. The van der Waals surface area contributed by atoms with E-state index in [1.165, 1.54) is 0 Å². The second kappa shape index (κ2) is 14.6. The van der Waals surface area contributed by atoms with Gasteiger partial charge >= 0.3 is 7.12 Å². The van der Waals surface area contributed by atoms with E-state index in [4.69, 9.17) is 9.31 Å². The van der Waals surface area contributed by atoms with Gasteiger partial charge in [-0.25, -0.2) is 0 Å². The normalized spacial score (nSPS) is 16.4. The molecule has 1 fully saturated rings. The molecule has 1 aliphatic rings. The second-order valence-electron chi connectivity index (χ2n) is 8.84. The van der Waals surface area contributed by atoms with Crippen molar-refractivity contribution >= 4 is 24.0 Å². The van der Waals surface area contributed by atoms with Gasteiger partial charge in [-0.3, -0.25) is 0 Å². The van der Waals surface area contributed by atoms with Gasteiger partial charge in [0.1, 0.15) is 0 Å². The molecular formula is C31H44BNO2. The van der Waals surface area contributed by atoms with Gasteiger partial charge in [0.05, 0.1) is 11.2 Å². The fraction of sp³-hybridized carbons (Fsp3) is 0.355. The minimum Gasteiger partial charge on any atom is -0.399 e. The summed E-state index contributed by atoms with van der Waals surface area (Å²) < 4.78 is 12.4. The highest BCUT2D eigenvalue weighted by Gasteiger charge is 2.51. The Balaban J connectivity index is 0.000000926. The number of nitrogens with zero attached hydrogens (tertiary/aromatic N) is 1. The Morgan fingerprint density at radius 1 is 0.771 bits per heavy atom. The first kappa shape index (κ1) is 30.2. The molecule has 1 saturated heterocycles. The molecular weight excluding hydrogens is 429 g/mol. The minimum absolute atomic E-state index is 0.349. The van der Waals surface area contributed by atoms with Gasteiger partial charge in [-0.1, -0.05) is 75.1 Å². The van der Waals surface area contributed by atoms with E-state index in [1.807, 2.05) is 83.2 Å². The highest BCUT2D eigenvalue weighted by Crippen LogP contribution is 2.37. The van der Waals surface area contributed by atoms with Gasteiger partial charge < -0.3 is 14.2 Å². The van der Waals surface area contributed by atoms with E-state index in [1.54, 1.807) is 0 Å². The molecule has 3 rings (SSSR count). The summed E-state index contributed by atoms with van der Waals surface area (Å²) in [6, 6.07) is 18.7. The van der Waals surface area contributed by atoms with E-state index in [2.05, 4.69) is 81.6 Å². The first-order valence-corrected chi connectivity index (χ1v) is 12.5. The second-order valence-corrected chi connectivity index (χ2v) is 8.84. The van der Waals surface area contributed by atoms with Gasteiger partial charge in [0, 0.05) is 17.1 Å². The summed E-state index contributed by atoms with van der Waals surface area (Å²) in [6.07, 6.45) is 11.9. The van der Waals surface area contributed by atoms with Gasteiger partial charge in [-0.2, -0.15) is 0 Å². The summed E-state index contributed by atoms with van der Waals surface area (Å²) in [4.78, 5) is 2.20.